The summed E-state index contributed by atoms with van der Waals surface area (Å²) in [5, 5.41) is 12.1. The number of benzene rings is 3. The molecule has 3 aromatic carbocycles. The Morgan fingerprint density at radius 2 is 1.38 bits per heavy atom. The molecule has 0 saturated carbocycles. The minimum Gasteiger partial charge on any atom is -0.384 e. The molecule has 0 aliphatic carbocycles. The maximum atomic E-state index is 13.7. The van der Waals surface area contributed by atoms with Gasteiger partial charge in [0, 0.05) is 11.6 Å². The Kier molecular flexibility index (Phi) is 3.39. The fourth-order valence-corrected chi connectivity index (χ4v) is 2.30. The highest BCUT2D eigenvalue weighted by Gasteiger charge is 2.18. The first-order chi connectivity index (χ1) is 10.1. The Morgan fingerprint density at radius 1 is 0.714 bits per heavy atom. The summed E-state index contributed by atoms with van der Waals surface area (Å²) < 4.78 is 39.9. The van der Waals surface area contributed by atoms with Crippen molar-refractivity contribution in [3.05, 3.63) is 83.2 Å². The highest BCUT2D eigenvalue weighted by molar-refractivity contribution is 5.83. The van der Waals surface area contributed by atoms with Gasteiger partial charge in [0.1, 0.15) is 11.9 Å². The first-order valence-corrected chi connectivity index (χ1v) is 6.37. The van der Waals surface area contributed by atoms with Gasteiger partial charge in [-0.05, 0) is 28.5 Å². The van der Waals surface area contributed by atoms with Gasteiger partial charge in [0.25, 0.3) is 0 Å². The zero-order chi connectivity index (χ0) is 15.0. The van der Waals surface area contributed by atoms with Crippen LogP contribution in [0.5, 0.6) is 0 Å². The monoisotopic (exact) mass is 288 g/mol. The van der Waals surface area contributed by atoms with Crippen LogP contribution in [0.3, 0.4) is 0 Å². The molecule has 1 unspecified atom stereocenters. The second kappa shape index (κ2) is 5.22. The number of rotatable bonds is 2. The van der Waals surface area contributed by atoms with E-state index in [0.29, 0.717) is 17.7 Å². The van der Waals surface area contributed by atoms with Gasteiger partial charge in [-0.3, -0.25) is 0 Å². The van der Waals surface area contributed by atoms with Crippen molar-refractivity contribution in [3.63, 3.8) is 0 Å². The van der Waals surface area contributed by atoms with Crippen molar-refractivity contribution < 1.29 is 18.3 Å². The van der Waals surface area contributed by atoms with Crippen molar-refractivity contribution in [2.75, 3.05) is 0 Å². The lowest BCUT2D eigenvalue weighted by Crippen LogP contribution is -2.04. The van der Waals surface area contributed by atoms with Crippen LogP contribution in [0, 0.1) is 17.5 Å². The largest absolute Gasteiger partial charge is 0.384 e. The fourth-order valence-electron chi connectivity index (χ4n) is 2.30. The standard InChI is InChI=1S/C17H11F3O/c18-14-9-16(20)15(19)8-13(14)17(21)12-6-5-10-3-1-2-4-11(10)7-12/h1-9,17,21H. The molecule has 4 heteroatoms. The van der Waals surface area contributed by atoms with E-state index in [4.69, 9.17) is 0 Å². The molecular formula is C17H11F3O. The summed E-state index contributed by atoms with van der Waals surface area (Å²) >= 11 is 0. The van der Waals surface area contributed by atoms with Crippen molar-refractivity contribution in [3.8, 4) is 0 Å². The minimum atomic E-state index is -1.36. The van der Waals surface area contributed by atoms with Crippen LogP contribution in [-0.4, -0.2) is 5.11 Å². The molecule has 0 bridgehead atoms. The quantitative estimate of drug-likeness (QED) is 0.695. The number of halogens is 3. The van der Waals surface area contributed by atoms with Gasteiger partial charge in [-0.25, -0.2) is 13.2 Å². The lowest BCUT2D eigenvalue weighted by atomic mass is 9.98. The lowest BCUT2D eigenvalue weighted by molar-refractivity contribution is 0.214. The molecule has 0 radical (unpaired) electrons. The maximum absolute atomic E-state index is 13.7. The third-order valence-corrected chi connectivity index (χ3v) is 3.42. The van der Waals surface area contributed by atoms with Crippen molar-refractivity contribution in [1.82, 2.24) is 0 Å². The number of hydrogen-bond acceptors (Lipinski definition) is 1. The van der Waals surface area contributed by atoms with Crippen molar-refractivity contribution >= 4 is 10.8 Å². The summed E-state index contributed by atoms with van der Waals surface area (Å²) in [4.78, 5) is 0. The molecule has 0 amide bonds. The molecule has 0 heterocycles. The van der Waals surface area contributed by atoms with Crippen molar-refractivity contribution in [2.45, 2.75) is 6.10 Å². The molecule has 21 heavy (non-hydrogen) atoms. The van der Waals surface area contributed by atoms with Crippen LogP contribution in [0.15, 0.2) is 54.6 Å². The Hall–Kier alpha value is -2.33. The van der Waals surface area contributed by atoms with Gasteiger partial charge in [-0.2, -0.15) is 0 Å². The summed E-state index contributed by atoms with van der Waals surface area (Å²) in [5.41, 5.74) is 0.128. The molecule has 1 N–H and O–H groups in total. The highest BCUT2D eigenvalue weighted by atomic mass is 19.2. The average Bonchev–Trinajstić information content (AvgIpc) is 2.50. The molecule has 0 aliphatic rings. The molecule has 106 valence electrons. The Balaban J connectivity index is 2.07. The van der Waals surface area contributed by atoms with E-state index in [9.17, 15) is 18.3 Å². The van der Waals surface area contributed by atoms with Crippen LogP contribution in [0.25, 0.3) is 10.8 Å². The zero-order valence-corrected chi connectivity index (χ0v) is 10.9. The van der Waals surface area contributed by atoms with Crippen LogP contribution in [0.2, 0.25) is 0 Å². The lowest BCUT2D eigenvalue weighted by Gasteiger charge is -2.13. The van der Waals surface area contributed by atoms with E-state index in [-0.39, 0.29) is 5.56 Å². The maximum Gasteiger partial charge on any atom is 0.161 e. The van der Waals surface area contributed by atoms with E-state index in [2.05, 4.69) is 0 Å². The Bertz CT molecular complexity index is 814. The van der Waals surface area contributed by atoms with Crippen molar-refractivity contribution in [1.29, 1.82) is 0 Å². The Morgan fingerprint density at radius 3 is 2.14 bits per heavy atom. The summed E-state index contributed by atoms with van der Waals surface area (Å²) in [6, 6.07) is 13.7. The predicted molar refractivity (Wildman–Crippen MR) is 74.3 cm³/mol. The molecule has 0 fully saturated rings. The van der Waals surface area contributed by atoms with Gasteiger partial charge in [0.05, 0.1) is 0 Å². The minimum absolute atomic E-state index is 0.288. The second-order valence-electron chi connectivity index (χ2n) is 4.80. The number of aliphatic hydroxyl groups excluding tert-OH is 1. The highest BCUT2D eigenvalue weighted by Crippen LogP contribution is 2.28. The number of aliphatic hydroxyl groups is 1. The van der Waals surface area contributed by atoms with Crippen LogP contribution < -0.4 is 0 Å². The summed E-state index contributed by atoms with van der Waals surface area (Å²) in [6.45, 7) is 0. The first-order valence-electron chi connectivity index (χ1n) is 6.37. The molecular weight excluding hydrogens is 277 g/mol. The van der Waals surface area contributed by atoms with Gasteiger partial charge in [-0.15, -0.1) is 0 Å². The molecule has 0 aliphatic heterocycles. The molecule has 0 saturated heterocycles. The molecule has 1 nitrogen and oxygen atoms in total. The summed E-state index contributed by atoms with van der Waals surface area (Å²) in [5.74, 6) is -3.44. The number of hydrogen-bond donors (Lipinski definition) is 1. The van der Waals surface area contributed by atoms with Gasteiger partial charge in [0.2, 0.25) is 0 Å². The Labute approximate surface area is 119 Å². The molecule has 3 aromatic rings. The van der Waals surface area contributed by atoms with Crippen molar-refractivity contribution in [2.24, 2.45) is 0 Å². The summed E-state index contributed by atoms with van der Waals surface area (Å²) in [6.07, 6.45) is -1.36. The molecule has 1 atom stereocenters. The van der Waals surface area contributed by atoms with E-state index >= 15 is 0 Å². The van der Waals surface area contributed by atoms with E-state index in [1.807, 2.05) is 24.3 Å². The summed E-state index contributed by atoms with van der Waals surface area (Å²) in [7, 11) is 0. The van der Waals surface area contributed by atoms with E-state index in [1.54, 1.807) is 18.2 Å². The van der Waals surface area contributed by atoms with Gasteiger partial charge >= 0.3 is 0 Å². The SMILES string of the molecule is OC(c1ccc2ccccc2c1)c1cc(F)c(F)cc1F. The van der Waals surface area contributed by atoms with E-state index in [0.717, 1.165) is 10.8 Å². The second-order valence-corrected chi connectivity index (χ2v) is 4.80. The third kappa shape index (κ3) is 2.50. The van der Waals surface area contributed by atoms with Gasteiger partial charge < -0.3 is 5.11 Å². The van der Waals surface area contributed by atoms with E-state index < -0.39 is 23.6 Å². The van der Waals surface area contributed by atoms with Crippen LogP contribution in [0.4, 0.5) is 13.2 Å². The first kappa shape index (κ1) is 13.6. The third-order valence-electron chi connectivity index (χ3n) is 3.42. The predicted octanol–water partition coefficient (Wildman–Crippen LogP) is 4.34. The van der Waals surface area contributed by atoms with Gasteiger partial charge in [0.15, 0.2) is 11.6 Å². The van der Waals surface area contributed by atoms with E-state index in [1.165, 1.54) is 0 Å². The fraction of sp³-hybridized carbons (Fsp3) is 0.0588. The van der Waals surface area contributed by atoms with Crippen LogP contribution in [-0.2, 0) is 0 Å². The molecule has 0 aromatic heterocycles. The van der Waals surface area contributed by atoms with Crippen LogP contribution in [0.1, 0.15) is 17.2 Å². The number of fused-ring (bicyclic) bond motifs is 1. The average molecular weight is 288 g/mol. The normalized spacial score (nSPS) is 12.6. The zero-order valence-electron chi connectivity index (χ0n) is 10.9. The topological polar surface area (TPSA) is 20.2 Å². The van der Waals surface area contributed by atoms with Crippen LogP contribution >= 0.6 is 0 Å². The molecule has 0 spiro atoms. The van der Waals surface area contributed by atoms with Gasteiger partial charge in [-0.1, -0.05) is 36.4 Å². The molecule has 3 rings (SSSR count). The smallest absolute Gasteiger partial charge is 0.161 e.